The summed E-state index contributed by atoms with van der Waals surface area (Å²) >= 11 is 0. The summed E-state index contributed by atoms with van der Waals surface area (Å²) in [4.78, 5) is 2.53. The van der Waals surface area contributed by atoms with Crippen LogP contribution in [0.15, 0.2) is 84.9 Å². The van der Waals surface area contributed by atoms with Gasteiger partial charge in [-0.3, -0.25) is 0 Å². The predicted molar refractivity (Wildman–Crippen MR) is 131 cm³/mol. The molecule has 3 heteroatoms. The highest BCUT2D eigenvalue weighted by molar-refractivity contribution is 5.37. The number of piperidine rings is 1. The molecule has 3 aromatic carbocycles. The Labute approximate surface area is 192 Å². The molecule has 0 aliphatic carbocycles. The molecule has 1 aliphatic heterocycles. The normalized spacial score (nSPS) is 17.4. The summed E-state index contributed by atoms with van der Waals surface area (Å²) in [5, 5.41) is 12.5. The minimum atomic E-state index is -1.04. The zero-order valence-electron chi connectivity index (χ0n) is 19.1. The lowest BCUT2D eigenvalue weighted by Gasteiger charge is -2.41. The molecule has 2 atom stereocenters. The number of aliphatic hydroxyl groups is 1. The molecule has 1 saturated heterocycles. The first-order valence-corrected chi connectivity index (χ1v) is 12.0. The van der Waals surface area contributed by atoms with E-state index in [0.29, 0.717) is 13.0 Å². The Bertz CT molecular complexity index is 936. The fraction of sp³-hybridized carbons (Fsp3) is 0.379. The molecule has 1 aliphatic rings. The number of ether oxygens (including phenoxy) is 1. The van der Waals surface area contributed by atoms with Crippen LogP contribution in [-0.2, 0) is 12.0 Å². The van der Waals surface area contributed by atoms with E-state index < -0.39 is 5.60 Å². The number of hydrogen-bond acceptors (Lipinski definition) is 3. The summed E-state index contributed by atoms with van der Waals surface area (Å²) in [7, 11) is 0. The molecular weight excluding hydrogens is 394 g/mol. The summed E-state index contributed by atoms with van der Waals surface area (Å²) in [5.41, 5.74) is 2.23. The van der Waals surface area contributed by atoms with Crippen LogP contribution in [0.25, 0.3) is 0 Å². The van der Waals surface area contributed by atoms with E-state index in [4.69, 9.17) is 4.74 Å². The Balaban J connectivity index is 1.76. The Morgan fingerprint density at radius 3 is 2.09 bits per heavy atom. The molecule has 168 valence electrons. The Morgan fingerprint density at radius 2 is 1.47 bits per heavy atom. The van der Waals surface area contributed by atoms with E-state index in [1.165, 1.54) is 24.8 Å². The van der Waals surface area contributed by atoms with Crippen molar-refractivity contribution >= 4 is 0 Å². The summed E-state index contributed by atoms with van der Waals surface area (Å²) in [6, 6.07) is 29.0. The second-order valence-electron chi connectivity index (χ2n) is 8.87. The summed E-state index contributed by atoms with van der Waals surface area (Å²) < 4.78 is 5.67. The average Bonchev–Trinajstić information content (AvgIpc) is 2.85. The fourth-order valence-electron chi connectivity index (χ4n) is 4.96. The summed E-state index contributed by atoms with van der Waals surface area (Å²) in [6.07, 6.45) is 4.35. The molecule has 3 nitrogen and oxygen atoms in total. The van der Waals surface area contributed by atoms with Crippen molar-refractivity contribution in [1.29, 1.82) is 0 Å². The predicted octanol–water partition coefficient (Wildman–Crippen LogP) is 5.79. The quantitative estimate of drug-likeness (QED) is 0.468. The van der Waals surface area contributed by atoms with Crippen LogP contribution in [-0.4, -0.2) is 36.2 Å². The van der Waals surface area contributed by atoms with Gasteiger partial charge in [0.1, 0.15) is 11.4 Å². The molecule has 0 radical (unpaired) electrons. The van der Waals surface area contributed by atoms with E-state index in [9.17, 15) is 5.11 Å². The van der Waals surface area contributed by atoms with E-state index in [-0.39, 0.29) is 5.92 Å². The van der Waals surface area contributed by atoms with E-state index in [1.54, 1.807) is 0 Å². The van der Waals surface area contributed by atoms with Crippen LogP contribution >= 0.6 is 0 Å². The van der Waals surface area contributed by atoms with Crippen LogP contribution < -0.4 is 4.74 Å². The van der Waals surface area contributed by atoms with Gasteiger partial charge in [-0.25, -0.2) is 0 Å². The van der Waals surface area contributed by atoms with Crippen LogP contribution in [0.4, 0.5) is 0 Å². The zero-order chi connectivity index (χ0) is 22.2. The molecule has 0 spiro atoms. The molecule has 0 aromatic heterocycles. The SMILES string of the molecule is CCOc1ccc(C(O)(Cc2ccccc2)C(CN2CCCCC2)c2ccccc2)cc1. The third-order valence-electron chi connectivity index (χ3n) is 6.65. The molecule has 0 bridgehead atoms. The van der Waals surface area contributed by atoms with Gasteiger partial charge in [0.2, 0.25) is 0 Å². The van der Waals surface area contributed by atoms with Crippen LogP contribution in [0, 0.1) is 0 Å². The van der Waals surface area contributed by atoms with Gasteiger partial charge in [-0.1, -0.05) is 79.2 Å². The van der Waals surface area contributed by atoms with Crippen LogP contribution in [0.5, 0.6) is 5.75 Å². The van der Waals surface area contributed by atoms with Crippen LogP contribution in [0.1, 0.15) is 48.8 Å². The van der Waals surface area contributed by atoms with E-state index in [0.717, 1.165) is 36.5 Å². The van der Waals surface area contributed by atoms with Crippen molar-refractivity contribution in [1.82, 2.24) is 4.90 Å². The number of benzene rings is 3. The maximum absolute atomic E-state index is 12.5. The second-order valence-corrected chi connectivity index (χ2v) is 8.87. The Morgan fingerprint density at radius 1 is 0.844 bits per heavy atom. The van der Waals surface area contributed by atoms with Crippen molar-refractivity contribution in [2.24, 2.45) is 0 Å². The highest BCUT2D eigenvalue weighted by Crippen LogP contribution is 2.41. The first-order valence-electron chi connectivity index (χ1n) is 12.0. The maximum Gasteiger partial charge on any atom is 0.119 e. The maximum atomic E-state index is 12.5. The third kappa shape index (κ3) is 5.40. The monoisotopic (exact) mass is 429 g/mol. The highest BCUT2D eigenvalue weighted by atomic mass is 16.5. The van der Waals surface area contributed by atoms with E-state index >= 15 is 0 Å². The van der Waals surface area contributed by atoms with Crippen LogP contribution in [0.2, 0.25) is 0 Å². The molecule has 2 unspecified atom stereocenters. The van der Waals surface area contributed by atoms with Crippen molar-refractivity contribution in [3.05, 3.63) is 102 Å². The minimum Gasteiger partial charge on any atom is -0.494 e. The van der Waals surface area contributed by atoms with Crippen molar-refractivity contribution in [3.8, 4) is 5.75 Å². The topological polar surface area (TPSA) is 32.7 Å². The average molecular weight is 430 g/mol. The van der Waals surface area contributed by atoms with Crippen molar-refractivity contribution in [3.63, 3.8) is 0 Å². The highest BCUT2D eigenvalue weighted by Gasteiger charge is 2.40. The third-order valence-corrected chi connectivity index (χ3v) is 6.65. The molecule has 4 rings (SSSR count). The largest absolute Gasteiger partial charge is 0.494 e. The van der Waals surface area contributed by atoms with Gasteiger partial charge < -0.3 is 14.7 Å². The number of hydrogen-bond donors (Lipinski definition) is 1. The first-order chi connectivity index (χ1) is 15.7. The van der Waals surface area contributed by atoms with Gasteiger partial charge in [0, 0.05) is 18.9 Å². The molecule has 0 amide bonds. The zero-order valence-corrected chi connectivity index (χ0v) is 19.1. The molecule has 1 heterocycles. The Kier molecular flexibility index (Phi) is 7.62. The van der Waals surface area contributed by atoms with Gasteiger partial charge in [0.05, 0.1) is 6.61 Å². The summed E-state index contributed by atoms with van der Waals surface area (Å²) in [6.45, 7) is 5.68. The van der Waals surface area contributed by atoms with Crippen molar-refractivity contribution in [2.75, 3.05) is 26.2 Å². The molecule has 32 heavy (non-hydrogen) atoms. The van der Waals surface area contributed by atoms with Gasteiger partial charge in [-0.15, -0.1) is 0 Å². The van der Waals surface area contributed by atoms with Crippen molar-refractivity contribution < 1.29 is 9.84 Å². The van der Waals surface area contributed by atoms with E-state index in [2.05, 4.69) is 59.5 Å². The first kappa shape index (κ1) is 22.6. The second kappa shape index (κ2) is 10.8. The molecule has 1 fully saturated rings. The summed E-state index contributed by atoms with van der Waals surface area (Å²) in [5.74, 6) is 0.797. The molecule has 3 aromatic rings. The van der Waals surface area contributed by atoms with Gasteiger partial charge in [-0.05, 0) is 61.7 Å². The molecule has 1 N–H and O–H groups in total. The fourth-order valence-corrected chi connectivity index (χ4v) is 4.96. The number of nitrogens with zero attached hydrogens (tertiary/aromatic N) is 1. The molecular formula is C29H35NO2. The van der Waals surface area contributed by atoms with Gasteiger partial charge in [-0.2, -0.15) is 0 Å². The van der Waals surface area contributed by atoms with Gasteiger partial charge in [0.25, 0.3) is 0 Å². The lowest BCUT2D eigenvalue weighted by atomic mass is 9.73. The van der Waals surface area contributed by atoms with Crippen LogP contribution in [0.3, 0.4) is 0 Å². The van der Waals surface area contributed by atoms with Crippen molar-refractivity contribution in [2.45, 2.75) is 44.1 Å². The smallest absolute Gasteiger partial charge is 0.119 e. The van der Waals surface area contributed by atoms with Gasteiger partial charge in [0.15, 0.2) is 0 Å². The number of rotatable bonds is 9. The van der Waals surface area contributed by atoms with Gasteiger partial charge >= 0.3 is 0 Å². The minimum absolute atomic E-state index is 0.0417. The number of likely N-dealkylation sites (tertiary alicyclic amines) is 1. The lowest BCUT2D eigenvalue weighted by Crippen LogP contribution is -2.44. The lowest BCUT2D eigenvalue weighted by molar-refractivity contribution is -0.00677. The van der Waals surface area contributed by atoms with E-state index in [1.807, 2.05) is 37.3 Å². The standard InChI is InChI=1S/C29H35NO2/c1-2-32-27-18-16-26(17-19-27)29(31,22-24-12-6-3-7-13-24)28(25-14-8-4-9-15-25)23-30-20-10-5-11-21-30/h3-4,6-9,12-19,28,31H,2,5,10-11,20-23H2,1H3. The molecule has 0 saturated carbocycles. The Hall–Kier alpha value is -2.62.